The highest BCUT2D eigenvalue weighted by Crippen LogP contribution is 2.19. The molecule has 1 aliphatic rings. The largest absolute Gasteiger partial charge is 0.493 e. The molecule has 1 saturated heterocycles. The van der Waals surface area contributed by atoms with Crippen LogP contribution in [-0.2, 0) is 0 Å². The highest BCUT2D eigenvalue weighted by Gasteiger charge is 2.22. The molecular formula is C19H32N2O2. The van der Waals surface area contributed by atoms with Gasteiger partial charge in [0.15, 0.2) is 0 Å². The summed E-state index contributed by atoms with van der Waals surface area (Å²) < 4.78 is 5.87. The second-order valence-electron chi connectivity index (χ2n) is 6.89. The first-order chi connectivity index (χ1) is 11.1. The van der Waals surface area contributed by atoms with E-state index in [2.05, 4.69) is 49.3 Å². The van der Waals surface area contributed by atoms with Crippen LogP contribution >= 0.6 is 0 Å². The average Bonchev–Trinajstić information content (AvgIpc) is 2.54. The van der Waals surface area contributed by atoms with Gasteiger partial charge in [-0.2, -0.15) is 0 Å². The fraction of sp³-hybridized carbons (Fsp3) is 0.684. The van der Waals surface area contributed by atoms with Gasteiger partial charge < -0.3 is 20.1 Å². The van der Waals surface area contributed by atoms with Gasteiger partial charge in [-0.15, -0.1) is 0 Å². The van der Waals surface area contributed by atoms with Crippen molar-refractivity contribution in [3.63, 3.8) is 0 Å². The van der Waals surface area contributed by atoms with Crippen LogP contribution in [0, 0.1) is 19.8 Å². The Morgan fingerprint density at radius 1 is 1.30 bits per heavy atom. The van der Waals surface area contributed by atoms with Gasteiger partial charge in [-0.3, -0.25) is 0 Å². The third kappa shape index (κ3) is 6.13. The zero-order valence-electron chi connectivity index (χ0n) is 14.8. The van der Waals surface area contributed by atoms with E-state index in [0.29, 0.717) is 5.92 Å². The van der Waals surface area contributed by atoms with Crippen LogP contribution in [0.4, 0.5) is 0 Å². The van der Waals surface area contributed by atoms with Crippen LogP contribution in [0.2, 0.25) is 0 Å². The zero-order valence-corrected chi connectivity index (χ0v) is 14.8. The number of benzene rings is 1. The van der Waals surface area contributed by atoms with E-state index in [1.807, 2.05) is 0 Å². The summed E-state index contributed by atoms with van der Waals surface area (Å²) in [5.41, 5.74) is 2.46. The van der Waals surface area contributed by atoms with Gasteiger partial charge in [0.2, 0.25) is 0 Å². The maximum atomic E-state index is 10.3. The lowest BCUT2D eigenvalue weighted by molar-refractivity contribution is 0.0568. The van der Waals surface area contributed by atoms with Crippen LogP contribution in [0.1, 0.15) is 30.4 Å². The minimum Gasteiger partial charge on any atom is -0.493 e. The molecule has 1 unspecified atom stereocenters. The number of hydrogen-bond acceptors (Lipinski definition) is 4. The summed E-state index contributed by atoms with van der Waals surface area (Å²) >= 11 is 0. The van der Waals surface area contributed by atoms with Crippen molar-refractivity contribution >= 4 is 0 Å². The molecule has 1 aromatic carbocycles. The highest BCUT2D eigenvalue weighted by atomic mass is 16.5. The molecule has 0 amide bonds. The summed E-state index contributed by atoms with van der Waals surface area (Å²) in [5, 5.41) is 13.7. The van der Waals surface area contributed by atoms with E-state index in [-0.39, 0.29) is 6.10 Å². The smallest absolute Gasteiger partial charge is 0.122 e. The molecule has 130 valence electrons. The van der Waals surface area contributed by atoms with Gasteiger partial charge in [-0.1, -0.05) is 17.7 Å². The monoisotopic (exact) mass is 320 g/mol. The predicted octanol–water partition coefficient (Wildman–Crippen LogP) is 2.36. The van der Waals surface area contributed by atoms with Gasteiger partial charge in [-0.25, -0.2) is 0 Å². The van der Waals surface area contributed by atoms with Crippen molar-refractivity contribution in [2.75, 3.05) is 39.8 Å². The molecule has 1 aliphatic heterocycles. The number of hydrogen-bond donors (Lipinski definition) is 2. The van der Waals surface area contributed by atoms with Crippen molar-refractivity contribution in [1.29, 1.82) is 0 Å². The van der Waals surface area contributed by atoms with Crippen LogP contribution in [0.3, 0.4) is 0 Å². The number of nitrogens with one attached hydrogen (secondary N) is 1. The Kier molecular flexibility index (Phi) is 7.34. The topological polar surface area (TPSA) is 44.7 Å². The van der Waals surface area contributed by atoms with Crippen LogP contribution in [0.5, 0.6) is 5.75 Å². The number of piperidine rings is 1. The van der Waals surface area contributed by atoms with Crippen molar-refractivity contribution in [2.45, 2.75) is 39.2 Å². The van der Waals surface area contributed by atoms with Gasteiger partial charge in [0.1, 0.15) is 5.75 Å². The maximum absolute atomic E-state index is 10.3. The summed E-state index contributed by atoms with van der Waals surface area (Å²) in [6.07, 6.45) is 2.95. The van der Waals surface area contributed by atoms with E-state index in [1.54, 1.807) is 0 Å². The SMILES string of the molecule is Cc1ccc(OCCCN(C)CC(O)C2CCNCC2)c(C)c1. The predicted molar refractivity (Wildman–Crippen MR) is 95.1 cm³/mol. The molecule has 1 heterocycles. The van der Waals surface area contributed by atoms with E-state index in [0.717, 1.165) is 57.8 Å². The number of aliphatic hydroxyl groups excluding tert-OH is 1. The van der Waals surface area contributed by atoms with Crippen LogP contribution < -0.4 is 10.1 Å². The fourth-order valence-electron chi connectivity index (χ4n) is 3.27. The Morgan fingerprint density at radius 2 is 2.04 bits per heavy atom. The Balaban J connectivity index is 1.63. The molecule has 2 rings (SSSR count). The van der Waals surface area contributed by atoms with Crippen LogP contribution in [0.15, 0.2) is 18.2 Å². The lowest BCUT2D eigenvalue weighted by atomic mass is 9.92. The minimum absolute atomic E-state index is 0.206. The maximum Gasteiger partial charge on any atom is 0.122 e. The third-order valence-electron chi connectivity index (χ3n) is 4.70. The summed E-state index contributed by atoms with van der Waals surface area (Å²) in [7, 11) is 2.08. The first-order valence-electron chi connectivity index (χ1n) is 8.83. The van der Waals surface area contributed by atoms with Gasteiger partial charge in [0.05, 0.1) is 12.7 Å². The summed E-state index contributed by atoms with van der Waals surface area (Å²) in [6, 6.07) is 6.29. The molecule has 1 aromatic rings. The lowest BCUT2D eigenvalue weighted by Crippen LogP contribution is -2.40. The molecule has 4 heteroatoms. The van der Waals surface area contributed by atoms with Gasteiger partial charge in [-0.05, 0) is 70.8 Å². The van der Waals surface area contributed by atoms with E-state index >= 15 is 0 Å². The van der Waals surface area contributed by atoms with Gasteiger partial charge >= 0.3 is 0 Å². The number of likely N-dealkylation sites (N-methyl/N-ethyl adjacent to an activating group) is 1. The quantitative estimate of drug-likeness (QED) is 0.722. The molecule has 4 nitrogen and oxygen atoms in total. The van der Waals surface area contributed by atoms with Crippen molar-refractivity contribution in [3.8, 4) is 5.75 Å². The standard InChI is InChI=1S/C19H32N2O2/c1-15-5-6-19(16(2)13-15)23-12-4-11-21(3)14-18(22)17-7-9-20-10-8-17/h5-6,13,17-18,20,22H,4,7-12,14H2,1-3H3. The van der Waals surface area contributed by atoms with Crippen molar-refractivity contribution < 1.29 is 9.84 Å². The molecule has 0 saturated carbocycles. The second-order valence-corrected chi connectivity index (χ2v) is 6.89. The molecule has 2 N–H and O–H groups in total. The molecular weight excluding hydrogens is 288 g/mol. The molecule has 0 spiro atoms. The zero-order chi connectivity index (χ0) is 16.7. The summed E-state index contributed by atoms with van der Waals surface area (Å²) in [6.45, 7) is 8.69. The number of aliphatic hydroxyl groups is 1. The highest BCUT2D eigenvalue weighted by molar-refractivity contribution is 5.35. The molecule has 1 atom stereocenters. The van der Waals surface area contributed by atoms with Gasteiger partial charge in [0, 0.05) is 13.1 Å². The molecule has 0 bridgehead atoms. The van der Waals surface area contributed by atoms with E-state index in [1.165, 1.54) is 11.1 Å². The lowest BCUT2D eigenvalue weighted by Gasteiger charge is -2.30. The first kappa shape index (κ1) is 18.2. The second kappa shape index (κ2) is 9.26. The molecule has 1 fully saturated rings. The fourth-order valence-corrected chi connectivity index (χ4v) is 3.27. The summed E-state index contributed by atoms with van der Waals surface area (Å²) in [5.74, 6) is 1.43. The average molecular weight is 320 g/mol. The van der Waals surface area contributed by atoms with E-state index in [4.69, 9.17) is 4.74 Å². The van der Waals surface area contributed by atoms with Crippen LogP contribution in [0.25, 0.3) is 0 Å². The summed E-state index contributed by atoms with van der Waals surface area (Å²) in [4.78, 5) is 2.22. The first-order valence-corrected chi connectivity index (χ1v) is 8.83. The van der Waals surface area contributed by atoms with Crippen molar-refractivity contribution in [1.82, 2.24) is 10.2 Å². The Hall–Kier alpha value is -1.10. The van der Waals surface area contributed by atoms with E-state index in [9.17, 15) is 5.11 Å². The number of ether oxygens (including phenoxy) is 1. The Morgan fingerprint density at radius 3 is 2.74 bits per heavy atom. The molecule has 0 aromatic heterocycles. The molecule has 0 aliphatic carbocycles. The normalized spacial score (nSPS) is 17.4. The van der Waals surface area contributed by atoms with Crippen LogP contribution in [-0.4, -0.2) is 55.9 Å². The third-order valence-corrected chi connectivity index (χ3v) is 4.70. The van der Waals surface area contributed by atoms with Crippen molar-refractivity contribution in [3.05, 3.63) is 29.3 Å². The number of aryl methyl sites for hydroxylation is 2. The number of rotatable bonds is 8. The number of nitrogens with zero attached hydrogens (tertiary/aromatic N) is 1. The van der Waals surface area contributed by atoms with E-state index < -0.39 is 0 Å². The Labute approximate surface area is 140 Å². The van der Waals surface area contributed by atoms with Crippen molar-refractivity contribution in [2.24, 2.45) is 5.92 Å². The molecule has 0 radical (unpaired) electrons. The Bertz CT molecular complexity index is 472. The molecule has 23 heavy (non-hydrogen) atoms. The van der Waals surface area contributed by atoms with Gasteiger partial charge in [0.25, 0.3) is 0 Å². The minimum atomic E-state index is -0.206.